The fourth-order valence-electron chi connectivity index (χ4n) is 6.34. The lowest BCUT2D eigenvalue weighted by molar-refractivity contribution is -0.157. The van der Waals surface area contributed by atoms with Crippen molar-refractivity contribution < 1.29 is 19.4 Å². The Kier molecular flexibility index (Phi) is 5.31. The van der Waals surface area contributed by atoms with Crippen LogP contribution in [0.5, 0.6) is 0 Å². The molecule has 0 aliphatic heterocycles. The molecule has 0 radical (unpaired) electrons. The molecule has 2 saturated carbocycles. The normalized spacial score (nSPS) is 40.9. The van der Waals surface area contributed by atoms with Gasteiger partial charge in [-0.05, 0) is 61.2 Å². The summed E-state index contributed by atoms with van der Waals surface area (Å²) in [7, 11) is 0. The van der Waals surface area contributed by atoms with Crippen molar-refractivity contribution in [1.82, 2.24) is 0 Å². The third kappa shape index (κ3) is 3.72. The Morgan fingerprint density at radius 3 is 2.70 bits per heavy atom. The summed E-state index contributed by atoms with van der Waals surface area (Å²) in [5.41, 5.74) is 1.92. The van der Waals surface area contributed by atoms with Gasteiger partial charge in [0.25, 0.3) is 0 Å². The molecule has 150 valence electrons. The van der Waals surface area contributed by atoms with Gasteiger partial charge in [0, 0.05) is 5.41 Å². The topological polar surface area (TPSA) is 63.6 Å². The Morgan fingerprint density at radius 2 is 2.04 bits per heavy atom. The van der Waals surface area contributed by atoms with Gasteiger partial charge in [-0.25, -0.2) is 0 Å². The van der Waals surface area contributed by atoms with Crippen LogP contribution in [0.15, 0.2) is 24.3 Å². The van der Waals surface area contributed by atoms with Crippen LogP contribution in [-0.4, -0.2) is 23.7 Å². The molecule has 0 saturated heterocycles. The maximum Gasteiger partial charge on any atom is 0.317 e. The monoisotopic (exact) mass is 374 g/mol. The molecule has 27 heavy (non-hydrogen) atoms. The summed E-state index contributed by atoms with van der Waals surface area (Å²) >= 11 is 0. The van der Waals surface area contributed by atoms with E-state index in [-0.39, 0.29) is 16.2 Å². The minimum atomic E-state index is -1.13. The first-order valence-electron chi connectivity index (χ1n) is 10.3. The molecule has 0 heterocycles. The van der Waals surface area contributed by atoms with E-state index in [9.17, 15) is 9.59 Å². The summed E-state index contributed by atoms with van der Waals surface area (Å²) in [6.45, 7) is 11.4. The fraction of sp³-hybridized carbons (Fsp3) is 0.739. The molecule has 0 unspecified atom stereocenters. The summed E-state index contributed by atoms with van der Waals surface area (Å²) in [4.78, 5) is 22.5. The molecule has 3 rings (SSSR count). The number of hydrogen-bond donors (Lipinski definition) is 1. The Hall–Kier alpha value is -1.58. The van der Waals surface area contributed by atoms with E-state index >= 15 is 0 Å². The van der Waals surface area contributed by atoms with Gasteiger partial charge < -0.3 is 9.84 Å². The van der Waals surface area contributed by atoms with Crippen molar-refractivity contribution in [2.75, 3.05) is 6.61 Å². The molecular formula is C23H34O4. The number of aliphatic carboxylic acids is 1. The van der Waals surface area contributed by atoms with Crippen molar-refractivity contribution >= 4 is 11.9 Å². The Morgan fingerprint density at radius 1 is 1.30 bits per heavy atom. The third-order valence-corrected chi connectivity index (χ3v) is 7.81. The molecule has 3 aliphatic rings. The fourth-order valence-corrected chi connectivity index (χ4v) is 6.34. The highest BCUT2D eigenvalue weighted by Crippen LogP contribution is 2.63. The first-order valence-corrected chi connectivity index (χ1v) is 10.3. The second-order valence-electron chi connectivity index (χ2n) is 9.91. The molecule has 0 spiro atoms. The molecule has 0 aromatic heterocycles. The second kappa shape index (κ2) is 7.10. The molecule has 1 N–H and O–H groups in total. The predicted octanol–water partition coefficient (Wildman–Crippen LogP) is 5.14. The Labute approximate surface area is 163 Å². The molecular weight excluding hydrogens is 340 g/mol. The van der Waals surface area contributed by atoms with Crippen molar-refractivity contribution in [3.63, 3.8) is 0 Å². The van der Waals surface area contributed by atoms with E-state index < -0.39 is 18.4 Å². The third-order valence-electron chi connectivity index (χ3n) is 7.81. The number of fused-ring (bicyclic) bond motifs is 3. The van der Waals surface area contributed by atoms with Crippen LogP contribution in [0.1, 0.15) is 72.1 Å². The number of rotatable bonds is 5. The van der Waals surface area contributed by atoms with E-state index in [4.69, 9.17) is 9.84 Å². The van der Waals surface area contributed by atoms with Gasteiger partial charge in [-0.2, -0.15) is 0 Å². The number of carbonyl (C=O) groups excluding carboxylic acids is 1. The van der Waals surface area contributed by atoms with Crippen molar-refractivity contribution in [3.05, 3.63) is 24.3 Å². The quantitative estimate of drug-likeness (QED) is 0.411. The zero-order chi connectivity index (χ0) is 19.9. The minimum absolute atomic E-state index is 0.0772. The molecule has 0 aromatic carbocycles. The first-order chi connectivity index (χ1) is 12.6. The summed E-state index contributed by atoms with van der Waals surface area (Å²) in [5.74, 6) is -0.632. The highest BCUT2D eigenvalue weighted by Gasteiger charge is 2.55. The average molecular weight is 375 g/mol. The maximum atomic E-state index is 11.8. The van der Waals surface area contributed by atoms with E-state index in [1.165, 1.54) is 19.3 Å². The summed E-state index contributed by atoms with van der Waals surface area (Å²) < 4.78 is 5.42. The van der Waals surface area contributed by atoms with Crippen molar-refractivity contribution in [3.8, 4) is 0 Å². The van der Waals surface area contributed by atoms with Crippen LogP contribution in [0.4, 0.5) is 0 Å². The van der Waals surface area contributed by atoms with Crippen LogP contribution in [0, 0.1) is 28.1 Å². The van der Waals surface area contributed by atoms with E-state index in [1.54, 1.807) is 5.57 Å². The number of esters is 1. The molecule has 0 aromatic rings. The molecule has 5 atom stereocenters. The van der Waals surface area contributed by atoms with Gasteiger partial charge in [0.05, 0.1) is 6.61 Å². The molecule has 0 bridgehead atoms. The van der Waals surface area contributed by atoms with Crippen LogP contribution in [-0.2, 0) is 14.3 Å². The highest BCUT2D eigenvalue weighted by molar-refractivity contribution is 5.90. The second-order valence-corrected chi connectivity index (χ2v) is 9.91. The van der Waals surface area contributed by atoms with E-state index in [0.29, 0.717) is 18.4 Å². The van der Waals surface area contributed by atoms with Gasteiger partial charge in [-0.15, -0.1) is 6.58 Å². The van der Waals surface area contributed by atoms with Gasteiger partial charge >= 0.3 is 11.9 Å². The number of ether oxygens (including phenoxy) is 1. The number of allylic oxidation sites excluding steroid dienone is 3. The lowest BCUT2D eigenvalue weighted by Gasteiger charge is -2.59. The lowest BCUT2D eigenvalue weighted by Crippen LogP contribution is -2.51. The molecule has 3 aliphatic carbocycles. The molecule has 0 amide bonds. The zero-order valence-electron chi connectivity index (χ0n) is 17.1. The summed E-state index contributed by atoms with van der Waals surface area (Å²) in [6, 6.07) is 0. The summed E-state index contributed by atoms with van der Waals surface area (Å²) in [5, 5.41) is 8.79. The number of carbonyl (C=O) groups is 2. The predicted molar refractivity (Wildman–Crippen MR) is 105 cm³/mol. The van der Waals surface area contributed by atoms with Crippen LogP contribution in [0.25, 0.3) is 0 Å². The van der Waals surface area contributed by atoms with Crippen LogP contribution in [0.2, 0.25) is 0 Å². The van der Waals surface area contributed by atoms with Crippen molar-refractivity contribution in [2.45, 2.75) is 72.1 Å². The largest absolute Gasteiger partial charge is 0.481 e. The average Bonchev–Trinajstić information content (AvgIpc) is 2.59. The molecule has 4 heteroatoms. The van der Waals surface area contributed by atoms with Gasteiger partial charge in [-0.3, -0.25) is 9.59 Å². The number of hydrogen-bond acceptors (Lipinski definition) is 3. The molecule has 2 fully saturated rings. The van der Waals surface area contributed by atoms with Crippen LogP contribution in [0.3, 0.4) is 0 Å². The van der Waals surface area contributed by atoms with Crippen LogP contribution >= 0.6 is 0 Å². The van der Waals surface area contributed by atoms with Gasteiger partial charge in [0.2, 0.25) is 0 Å². The highest BCUT2D eigenvalue weighted by atomic mass is 16.5. The van der Waals surface area contributed by atoms with Crippen LogP contribution < -0.4 is 0 Å². The minimum Gasteiger partial charge on any atom is -0.481 e. The Bertz CT molecular complexity index is 665. The van der Waals surface area contributed by atoms with Gasteiger partial charge in [-0.1, -0.05) is 44.9 Å². The zero-order valence-corrected chi connectivity index (χ0v) is 17.1. The first kappa shape index (κ1) is 20.2. The van der Waals surface area contributed by atoms with E-state index in [0.717, 1.165) is 25.7 Å². The standard InChI is InChI=1S/C23H34O4/c1-5-21(2)12-9-17-16(14-21)7-8-18-22(3,10-6-11-23(17,18)4)15-27-20(26)13-19(24)25/h5,9,16,18H,1,6-8,10-15H2,2-4H3,(H,24,25)/t16-,18+,21+,22-,23-/m0/s1. The van der Waals surface area contributed by atoms with Gasteiger partial charge in [0.15, 0.2) is 0 Å². The molecule has 4 nitrogen and oxygen atoms in total. The maximum absolute atomic E-state index is 11.8. The van der Waals surface area contributed by atoms with E-state index in [1.807, 2.05) is 0 Å². The lowest BCUT2D eigenvalue weighted by atomic mass is 9.46. The number of carboxylic acids is 1. The van der Waals surface area contributed by atoms with E-state index in [2.05, 4.69) is 39.5 Å². The van der Waals surface area contributed by atoms with Crippen molar-refractivity contribution in [2.24, 2.45) is 28.1 Å². The Balaban J connectivity index is 1.80. The van der Waals surface area contributed by atoms with Crippen molar-refractivity contribution in [1.29, 1.82) is 0 Å². The van der Waals surface area contributed by atoms with Gasteiger partial charge in [0.1, 0.15) is 6.42 Å². The smallest absolute Gasteiger partial charge is 0.317 e. The SMILES string of the molecule is C=C[C@]1(C)CC=C2[C@@H](CC[C@@H]3[C@](C)(COC(=O)CC(=O)O)CCC[C@@]23C)C1. The summed E-state index contributed by atoms with van der Waals surface area (Å²) in [6.07, 6.45) is 12.0. The number of carboxylic acid groups (broad SMARTS) is 1.